The fourth-order valence-corrected chi connectivity index (χ4v) is 3.59. The maximum absolute atomic E-state index is 12.2. The number of nitrogens with one attached hydrogen (secondary N) is 1. The number of hydrogen-bond donors (Lipinski definition) is 1. The zero-order valence-electron chi connectivity index (χ0n) is 15.8. The van der Waals surface area contributed by atoms with Gasteiger partial charge in [-0.1, -0.05) is 32.9 Å². The van der Waals surface area contributed by atoms with Crippen molar-refractivity contribution in [3.05, 3.63) is 35.4 Å². The first-order valence-corrected chi connectivity index (χ1v) is 10.4. The standard InChI is InChI=1S/C18H27N3O4S/c1-18(2,3)15-7-5-14(6-8-15)17(23)19-13-16(22)20-9-11-21(12-10-20)26(4,24)25/h5-8H,9-13H2,1-4H3,(H,19,23). The molecule has 26 heavy (non-hydrogen) atoms. The van der Waals surface area contributed by atoms with Gasteiger partial charge in [0.15, 0.2) is 0 Å². The molecule has 1 saturated heterocycles. The smallest absolute Gasteiger partial charge is 0.251 e. The molecule has 1 aromatic carbocycles. The van der Waals surface area contributed by atoms with Crippen LogP contribution in [-0.4, -0.2) is 68.4 Å². The van der Waals surface area contributed by atoms with Gasteiger partial charge in [0.05, 0.1) is 12.8 Å². The summed E-state index contributed by atoms with van der Waals surface area (Å²) in [6.07, 6.45) is 1.16. The Morgan fingerprint density at radius 1 is 1.04 bits per heavy atom. The molecule has 0 radical (unpaired) electrons. The normalized spacial score (nSPS) is 16.4. The maximum atomic E-state index is 12.2. The van der Waals surface area contributed by atoms with Gasteiger partial charge in [-0.2, -0.15) is 4.31 Å². The van der Waals surface area contributed by atoms with Gasteiger partial charge in [-0.25, -0.2) is 8.42 Å². The third kappa shape index (κ3) is 5.28. The first-order valence-electron chi connectivity index (χ1n) is 8.60. The minimum Gasteiger partial charge on any atom is -0.343 e. The van der Waals surface area contributed by atoms with Gasteiger partial charge < -0.3 is 10.2 Å². The molecule has 144 valence electrons. The van der Waals surface area contributed by atoms with Crippen molar-refractivity contribution in [2.75, 3.05) is 39.0 Å². The van der Waals surface area contributed by atoms with Crippen LogP contribution in [0.1, 0.15) is 36.7 Å². The van der Waals surface area contributed by atoms with Crippen molar-refractivity contribution in [3.8, 4) is 0 Å². The van der Waals surface area contributed by atoms with E-state index in [1.54, 1.807) is 17.0 Å². The topological polar surface area (TPSA) is 86.8 Å². The molecule has 7 nitrogen and oxygen atoms in total. The Kier molecular flexibility index (Phi) is 6.08. The summed E-state index contributed by atoms with van der Waals surface area (Å²) in [5, 5.41) is 2.63. The summed E-state index contributed by atoms with van der Waals surface area (Å²) in [4.78, 5) is 26.0. The van der Waals surface area contributed by atoms with E-state index in [9.17, 15) is 18.0 Å². The highest BCUT2D eigenvalue weighted by Crippen LogP contribution is 2.22. The van der Waals surface area contributed by atoms with E-state index in [0.29, 0.717) is 18.7 Å². The molecule has 2 amide bonds. The van der Waals surface area contributed by atoms with E-state index in [1.165, 1.54) is 4.31 Å². The SMILES string of the molecule is CC(C)(C)c1ccc(C(=O)NCC(=O)N2CCN(S(C)(=O)=O)CC2)cc1. The number of carbonyl (C=O) groups is 2. The van der Waals surface area contributed by atoms with E-state index in [2.05, 4.69) is 26.1 Å². The largest absolute Gasteiger partial charge is 0.343 e. The molecule has 1 N–H and O–H groups in total. The van der Waals surface area contributed by atoms with Crippen molar-refractivity contribution in [2.45, 2.75) is 26.2 Å². The highest BCUT2D eigenvalue weighted by molar-refractivity contribution is 7.88. The monoisotopic (exact) mass is 381 g/mol. The zero-order chi connectivity index (χ0) is 19.5. The average molecular weight is 381 g/mol. The van der Waals surface area contributed by atoms with Gasteiger partial charge in [-0.3, -0.25) is 9.59 Å². The number of nitrogens with zero attached hydrogens (tertiary/aromatic N) is 2. The molecule has 1 aromatic rings. The molecule has 0 unspecified atom stereocenters. The highest BCUT2D eigenvalue weighted by atomic mass is 32.2. The highest BCUT2D eigenvalue weighted by Gasteiger charge is 2.26. The fourth-order valence-electron chi connectivity index (χ4n) is 2.76. The van der Waals surface area contributed by atoms with Crippen LogP contribution in [0.25, 0.3) is 0 Å². The van der Waals surface area contributed by atoms with Crippen molar-refractivity contribution in [3.63, 3.8) is 0 Å². The van der Waals surface area contributed by atoms with Gasteiger partial charge in [0, 0.05) is 31.7 Å². The second-order valence-corrected chi connectivity index (χ2v) is 9.54. The lowest BCUT2D eigenvalue weighted by atomic mass is 9.87. The fraction of sp³-hybridized carbons (Fsp3) is 0.556. The number of amides is 2. The molecule has 0 atom stereocenters. The molecule has 0 bridgehead atoms. The zero-order valence-corrected chi connectivity index (χ0v) is 16.6. The number of benzene rings is 1. The van der Waals surface area contributed by atoms with E-state index < -0.39 is 10.0 Å². The summed E-state index contributed by atoms with van der Waals surface area (Å²) in [6, 6.07) is 7.35. The van der Waals surface area contributed by atoms with Crippen molar-refractivity contribution in [1.82, 2.24) is 14.5 Å². The molecule has 0 spiro atoms. The van der Waals surface area contributed by atoms with Crippen LogP contribution in [0.3, 0.4) is 0 Å². The second kappa shape index (κ2) is 7.75. The number of rotatable bonds is 4. The van der Waals surface area contributed by atoms with E-state index in [1.807, 2.05) is 12.1 Å². The van der Waals surface area contributed by atoms with Gasteiger partial charge in [0.2, 0.25) is 15.9 Å². The van der Waals surface area contributed by atoms with E-state index in [0.717, 1.165) is 11.8 Å². The van der Waals surface area contributed by atoms with Crippen LogP contribution in [0.5, 0.6) is 0 Å². The van der Waals surface area contributed by atoms with Crippen molar-refractivity contribution < 1.29 is 18.0 Å². The Balaban J connectivity index is 1.85. The Morgan fingerprint density at radius 3 is 2.04 bits per heavy atom. The summed E-state index contributed by atoms with van der Waals surface area (Å²) in [7, 11) is -3.23. The van der Waals surface area contributed by atoms with Gasteiger partial charge in [-0.15, -0.1) is 0 Å². The van der Waals surface area contributed by atoms with Crippen LogP contribution >= 0.6 is 0 Å². The van der Waals surface area contributed by atoms with Crippen LogP contribution in [-0.2, 0) is 20.2 Å². The van der Waals surface area contributed by atoms with Gasteiger partial charge >= 0.3 is 0 Å². The van der Waals surface area contributed by atoms with Crippen molar-refractivity contribution >= 4 is 21.8 Å². The van der Waals surface area contributed by atoms with Crippen LogP contribution in [0, 0.1) is 0 Å². The number of hydrogen-bond acceptors (Lipinski definition) is 4. The van der Waals surface area contributed by atoms with Crippen LogP contribution in [0.2, 0.25) is 0 Å². The average Bonchev–Trinajstić information content (AvgIpc) is 2.58. The molecule has 1 fully saturated rings. The first kappa shape index (κ1) is 20.4. The Hall–Kier alpha value is -1.93. The second-order valence-electron chi connectivity index (χ2n) is 7.55. The minimum atomic E-state index is -3.23. The Bertz CT molecular complexity index is 759. The predicted molar refractivity (Wildman–Crippen MR) is 100 cm³/mol. The molecular formula is C18H27N3O4S. The quantitative estimate of drug-likeness (QED) is 0.836. The molecule has 8 heteroatoms. The minimum absolute atomic E-state index is 0.0130. The number of sulfonamides is 1. The summed E-state index contributed by atoms with van der Waals surface area (Å²) in [5.74, 6) is -0.508. The molecule has 0 saturated carbocycles. The summed E-state index contributed by atoms with van der Waals surface area (Å²) < 4.78 is 24.3. The molecule has 0 aliphatic carbocycles. The molecule has 1 heterocycles. The lowest BCUT2D eigenvalue weighted by Crippen LogP contribution is -2.52. The number of carbonyl (C=O) groups excluding carboxylic acids is 2. The first-order chi connectivity index (χ1) is 12.0. The molecule has 0 aromatic heterocycles. The van der Waals surface area contributed by atoms with E-state index >= 15 is 0 Å². The van der Waals surface area contributed by atoms with E-state index in [4.69, 9.17) is 0 Å². The third-order valence-corrected chi connectivity index (χ3v) is 5.78. The van der Waals surface area contributed by atoms with Crippen LogP contribution < -0.4 is 5.32 Å². The summed E-state index contributed by atoms with van der Waals surface area (Å²) >= 11 is 0. The molecule has 1 aliphatic heterocycles. The predicted octanol–water partition coefficient (Wildman–Crippen LogP) is 0.818. The van der Waals surface area contributed by atoms with Gasteiger partial charge in [0.1, 0.15) is 0 Å². The lowest BCUT2D eigenvalue weighted by Gasteiger charge is -2.33. The molecular weight excluding hydrogens is 354 g/mol. The number of piperazine rings is 1. The van der Waals surface area contributed by atoms with Crippen LogP contribution in [0.15, 0.2) is 24.3 Å². The Morgan fingerprint density at radius 2 is 1.58 bits per heavy atom. The van der Waals surface area contributed by atoms with E-state index in [-0.39, 0.29) is 36.9 Å². The summed E-state index contributed by atoms with van der Waals surface area (Å²) in [5.41, 5.74) is 1.65. The molecule has 1 aliphatic rings. The third-order valence-electron chi connectivity index (χ3n) is 4.47. The molecule has 2 rings (SSSR count). The summed E-state index contributed by atoms with van der Waals surface area (Å²) in [6.45, 7) is 7.45. The Labute approximate surface area is 155 Å². The maximum Gasteiger partial charge on any atom is 0.251 e. The van der Waals surface area contributed by atoms with Crippen molar-refractivity contribution in [2.24, 2.45) is 0 Å². The van der Waals surface area contributed by atoms with Crippen LogP contribution in [0.4, 0.5) is 0 Å². The van der Waals surface area contributed by atoms with Gasteiger partial charge in [0.25, 0.3) is 5.91 Å². The van der Waals surface area contributed by atoms with Gasteiger partial charge in [-0.05, 0) is 23.1 Å². The lowest BCUT2D eigenvalue weighted by molar-refractivity contribution is -0.131. The van der Waals surface area contributed by atoms with Crippen molar-refractivity contribution in [1.29, 1.82) is 0 Å².